The number of rotatable bonds is 5. The van der Waals surface area contributed by atoms with Crippen LogP contribution in [0.5, 0.6) is 11.5 Å². The van der Waals surface area contributed by atoms with Crippen LogP contribution in [0.3, 0.4) is 0 Å². The smallest absolute Gasteiger partial charge is 0.387 e. The molecule has 0 amide bonds. The Morgan fingerprint density at radius 2 is 2.10 bits per heavy atom. The van der Waals surface area contributed by atoms with Crippen molar-refractivity contribution in [3.05, 3.63) is 23.8 Å². The fourth-order valence-corrected chi connectivity index (χ4v) is 2.56. The van der Waals surface area contributed by atoms with E-state index in [9.17, 15) is 8.78 Å². The van der Waals surface area contributed by atoms with Crippen LogP contribution < -0.4 is 14.8 Å². The minimum Gasteiger partial charge on any atom is -0.493 e. The van der Waals surface area contributed by atoms with Gasteiger partial charge in [-0.05, 0) is 31.5 Å². The second kappa shape index (κ2) is 7.04. The molecule has 1 aliphatic heterocycles. The molecule has 1 aromatic carbocycles. The fraction of sp³-hybridized carbons (Fsp3) is 0.600. The molecule has 2 unspecified atom stereocenters. The summed E-state index contributed by atoms with van der Waals surface area (Å²) < 4.78 is 34.5. The molecule has 0 saturated carbocycles. The maximum absolute atomic E-state index is 12.4. The predicted octanol–water partition coefficient (Wildman–Crippen LogP) is 2.48. The van der Waals surface area contributed by atoms with Gasteiger partial charge >= 0.3 is 6.61 Å². The van der Waals surface area contributed by atoms with Gasteiger partial charge in [-0.3, -0.25) is 4.90 Å². The maximum Gasteiger partial charge on any atom is 0.387 e. The van der Waals surface area contributed by atoms with E-state index < -0.39 is 6.61 Å². The van der Waals surface area contributed by atoms with Crippen molar-refractivity contribution < 1.29 is 18.3 Å². The molecule has 0 aromatic heterocycles. The maximum atomic E-state index is 12.4. The highest BCUT2D eigenvalue weighted by atomic mass is 19.3. The first-order valence-electron chi connectivity index (χ1n) is 7.08. The molecule has 118 valence electrons. The number of hydrogen-bond acceptors (Lipinski definition) is 4. The number of nitrogens with zero attached hydrogens (tertiary/aromatic N) is 1. The third-order valence-corrected chi connectivity index (χ3v) is 3.72. The van der Waals surface area contributed by atoms with Gasteiger partial charge in [0, 0.05) is 31.7 Å². The highest BCUT2D eigenvalue weighted by molar-refractivity contribution is 5.43. The van der Waals surface area contributed by atoms with E-state index in [1.54, 1.807) is 12.1 Å². The number of benzene rings is 1. The highest BCUT2D eigenvalue weighted by Crippen LogP contribution is 2.30. The summed E-state index contributed by atoms with van der Waals surface area (Å²) in [5, 5.41) is 3.42. The lowest BCUT2D eigenvalue weighted by molar-refractivity contribution is -0.0512. The van der Waals surface area contributed by atoms with E-state index in [1.165, 1.54) is 7.11 Å². The Bertz CT molecular complexity index is 471. The topological polar surface area (TPSA) is 33.7 Å². The van der Waals surface area contributed by atoms with Crippen LogP contribution in [0.1, 0.15) is 19.4 Å². The van der Waals surface area contributed by atoms with Crippen molar-refractivity contribution in [2.45, 2.75) is 39.1 Å². The van der Waals surface area contributed by atoms with Crippen molar-refractivity contribution >= 4 is 0 Å². The Hall–Kier alpha value is -1.40. The van der Waals surface area contributed by atoms with Gasteiger partial charge in [0.05, 0.1) is 7.11 Å². The lowest BCUT2D eigenvalue weighted by Crippen LogP contribution is -2.53. The molecule has 6 heteroatoms. The predicted molar refractivity (Wildman–Crippen MR) is 77.0 cm³/mol. The first kappa shape index (κ1) is 16.0. The monoisotopic (exact) mass is 300 g/mol. The number of ether oxygens (including phenoxy) is 2. The van der Waals surface area contributed by atoms with E-state index in [0.29, 0.717) is 24.4 Å². The quantitative estimate of drug-likeness (QED) is 0.906. The summed E-state index contributed by atoms with van der Waals surface area (Å²) in [4.78, 5) is 2.33. The molecule has 1 N–H and O–H groups in total. The summed E-state index contributed by atoms with van der Waals surface area (Å²) in [6, 6.07) is 6.02. The van der Waals surface area contributed by atoms with E-state index in [1.807, 2.05) is 6.07 Å². The normalized spacial score (nSPS) is 23.3. The molecule has 0 bridgehead atoms. The fourth-order valence-electron chi connectivity index (χ4n) is 2.56. The van der Waals surface area contributed by atoms with Crippen molar-refractivity contribution in [3.63, 3.8) is 0 Å². The van der Waals surface area contributed by atoms with Crippen molar-refractivity contribution in [1.82, 2.24) is 10.2 Å². The highest BCUT2D eigenvalue weighted by Gasteiger charge is 2.22. The van der Waals surface area contributed by atoms with Crippen LogP contribution in [0, 0.1) is 0 Å². The first-order chi connectivity index (χ1) is 9.99. The summed E-state index contributed by atoms with van der Waals surface area (Å²) >= 11 is 0. The van der Waals surface area contributed by atoms with Gasteiger partial charge in [-0.1, -0.05) is 6.07 Å². The van der Waals surface area contributed by atoms with Gasteiger partial charge in [0.1, 0.15) is 0 Å². The molecular weight excluding hydrogens is 278 g/mol. The van der Waals surface area contributed by atoms with Crippen LogP contribution in [0.25, 0.3) is 0 Å². The van der Waals surface area contributed by atoms with Gasteiger partial charge in [0.2, 0.25) is 0 Å². The molecule has 2 atom stereocenters. The third-order valence-electron chi connectivity index (χ3n) is 3.72. The number of halogens is 2. The Morgan fingerprint density at radius 3 is 2.76 bits per heavy atom. The molecule has 0 radical (unpaired) electrons. The standard InChI is InChI=1S/C15H22F2N2O2/c1-10-8-19(11(2)7-18-10)9-12-4-5-13(20-3)14(6-12)21-15(16)17/h4-6,10-11,15,18H,7-9H2,1-3H3. The van der Waals surface area contributed by atoms with Gasteiger partial charge in [-0.2, -0.15) is 8.78 Å². The molecule has 1 aromatic rings. The van der Waals surface area contributed by atoms with Crippen LogP contribution >= 0.6 is 0 Å². The molecule has 1 saturated heterocycles. The number of hydrogen-bond donors (Lipinski definition) is 1. The number of alkyl halides is 2. The Balaban J connectivity index is 2.12. The van der Waals surface area contributed by atoms with Crippen LogP contribution in [-0.4, -0.2) is 43.8 Å². The zero-order valence-electron chi connectivity index (χ0n) is 12.6. The molecule has 1 heterocycles. The third kappa shape index (κ3) is 4.28. The molecule has 1 aliphatic rings. The largest absolute Gasteiger partial charge is 0.493 e. The van der Waals surface area contributed by atoms with Crippen LogP contribution in [0.15, 0.2) is 18.2 Å². The van der Waals surface area contributed by atoms with Crippen LogP contribution in [-0.2, 0) is 6.54 Å². The molecule has 4 nitrogen and oxygen atoms in total. The number of methoxy groups -OCH3 is 1. The van der Waals surface area contributed by atoms with E-state index in [2.05, 4.69) is 28.8 Å². The van der Waals surface area contributed by atoms with E-state index in [4.69, 9.17) is 4.74 Å². The zero-order chi connectivity index (χ0) is 15.4. The lowest BCUT2D eigenvalue weighted by Gasteiger charge is -2.37. The number of piperazine rings is 1. The Kier molecular flexibility index (Phi) is 5.36. The molecule has 2 rings (SSSR count). The summed E-state index contributed by atoms with van der Waals surface area (Å²) in [5.41, 5.74) is 0.937. The zero-order valence-corrected chi connectivity index (χ0v) is 12.6. The van der Waals surface area contributed by atoms with Gasteiger partial charge in [-0.25, -0.2) is 0 Å². The Labute approximate surface area is 124 Å². The van der Waals surface area contributed by atoms with Crippen LogP contribution in [0.2, 0.25) is 0 Å². The lowest BCUT2D eigenvalue weighted by atomic mass is 10.1. The average molecular weight is 300 g/mol. The summed E-state index contributed by atoms with van der Waals surface area (Å²) in [6.45, 7) is 4.00. The number of nitrogens with one attached hydrogen (secondary N) is 1. The van der Waals surface area contributed by atoms with Gasteiger partial charge in [0.15, 0.2) is 11.5 Å². The summed E-state index contributed by atoms with van der Waals surface area (Å²) in [6.07, 6.45) is 0. The first-order valence-corrected chi connectivity index (χ1v) is 7.08. The van der Waals surface area contributed by atoms with Crippen molar-refractivity contribution in [2.24, 2.45) is 0 Å². The summed E-state index contributed by atoms with van der Waals surface area (Å²) in [7, 11) is 1.44. The van der Waals surface area contributed by atoms with Crippen molar-refractivity contribution in [2.75, 3.05) is 20.2 Å². The van der Waals surface area contributed by atoms with Gasteiger partial charge in [0.25, 0.3) is 0 Å². The molecule has 21 heavy (non-hydrogen) atoms. The van der Waals surface area contributed by atoms with Gasteiger partial charge < -0.3 is 14.8 Å². The van der Waals surface area contributed by atoms with Crippen molar-refractivity contribution in [1.29, 1.82) is 0 Å². The van der Waals surface area contributed by atoms with Crippen LogP contribution in [0.4, 0.5) is 8.78 Å². The van der Waals surface area contributed by atoms with Crippen molar-refractivity contribution in [3.8, 4) is 11.5 Å². The molecule has 0 aliphatic carbocycles. The average Bonchev–Trinajstić information content (AvgIpc) is 2.42. The minimum atomic E-state index is -2.85. The molecular formula is C15H22F2N2O2. The molecule has 0 spiro atoms. The Morgan fingerprint density at radius 1 is 1.33 bits per heavy atom. The van der Waals surface area contributed by atoms with E-state index in [-0.39, 0.29) is 5.75 Å². The van der Waals surface area contributed by atoms with E-state index >= 15 is 0 Å². The second-order valence-electron chi connectivity index (χ2n) is 5.45. The van der Waals surface area contributed by atoms with E-state index in [0.717, 1.165) is 18.7 Å². The molecule has 1 fully saturated rings. The van der Waals surface area contributed by atoms with Gasteiger partial charge in [-0.15, -0.1) is 0 Å². The summed E-state index contributed by atoms with van der Waals surface area (Å²) in [5.74, 6) is 0.404. The SMILES string of the molecule is COc1ccc(CN2CC(C)NCC2C)cc1OC(F)F. The second-order valence-corrected chi connectivity index (χ2v) is 5.45. The minimum absolute atomic E-state index is 0.0841.